The molecule has 1 amide bonds. The van der Waals surface area contributed by atoms with E-state index >= 15 is 0 Å². The molecule has 1 aromatic heterocycles. The van der Waals surface area contributed by atoms with Crippen molar-refractivity contribution in [3.63, 3.8) is 0 Å². The highest BCUT2D eigenvalue weighted by Gasteiger charge is 2.21. The van der Waals surface area contributed by atoms with Crippen molar-refractivity contribution in [2.75, 3.05) is 32.6 Å². The second-order valence-corrected chi connectivity index (χ2v) is 7.37. The summed E-state index contributed by atoms with van der Waals surface area (Å²) in [5.74, 6) is 2.74. The van der Waals surface area contributed by atoms with Crippen LogP contribution in [-0.2, 0) is 11.3 Å². The summed E-state index contributed by atoms with van der Waals surface area (Å²) in [5, 5.41) is 6.90. The maximum atomic E-state index is 12.4. The van der Waals surface area contributed by atoms with Gasteiger partial charge in [-0.25, -0.2) is 0 Å². The molecule has 7 nitrogen and oxygen atoms in total. The van der Waals surface area contributed by atoms with Crippen LogP contribution in [0, 0.1) is 12.8 Å². The molecule has 0 saturated carbocycles. The molecule has 1 saturated heterocycles. The highest BCUT2D eigenvalue weighted by atomic mass is 16.5. The van der Waals surface area contributed by atoms with E-state index in [1.165, 1.54) is 0 Å². The molecule has 1 atom stereocenters. The summed E-state index contributed by atoms with van der Waals surface area (Å²) in [5.41, 5.74) is 1.60. The third-order valence-corrected chi connectivity index (χ3v) is 5.07. The van der Waals surface area contributed by atoms with E-state index in [-0.39, 0.29) is 5.91 Å². The third-order valence-electron chi connectivity index (χ3n) is 5.07. The molecule has 1 aliphatic rings. The smallest absolute Gasteiger partial charge is 0.224 e. The van der Waals surface area contributed by atoms with Gasteiger partial charge >= 0.3 is 0 Å². The van der Waals surface area contributed by atoms with E-state index in [0.717, 1.165) is 50.4 Å². The van der Waals surface area contributed by atoms with Gasteiger partial charge in [-0.3, -0.25) is 9.69 Å². The van der Waals surface area contributed by atoms with Crippen molar-refractivity contribution in [1.82, 2.24) is 10.1 Å². The number of carbonyl (C=O) groups excluding carboxylic acids is 1. The molecule has 2 aromatic rings. The molecule has 2 heterocycles. The molecule has 0 unspecified atom stereocenters. The van der Waals surface area contributed by atoms with Gasteiger partial charge in [0.15, 0.2) is 5.76 Å². The summed E-state index contributed by atoms with van der Waals surface area (Å²) in [6.07, 6.45) is 3.68. The predicted molar refractivity (Wildman–Crippen MR) is 107 cm³/mol. The first kappa shape index (κ1) is 20.2. The van der Waals surface area contributed by atoms with E-state index in [1.54, 1.807) is 32.4 Å². The van der Waals surface area contributed by atoms with Crippen molar-refractivity contribution in [2.45, 2.75) is 39.2 Å². The number of carbonyl (C=O) groups is 1. The molecule has 0 spiro atoms. The van der Waals surface area contributed by atoms with E-state index in [2.05, 4.69) is 15.4 Å². The largest absolute Gasteiger partial charge is 0.497 e. The fourth-order valence-electron chi connectivity index (χ4n) is 3.68. The van der Waals surface area contributed by atoms with Crippen LogP contribution in [0.25, 0.3) is 0 Å². The zero-order chi connectivity index (χ0) is 19.9. The first-order valence-electron chi connectivity index (χ1n) is 9.73. The summed E-state index contributed by atoms with van der Waals surface area (Å²) in [6, 6.07) is 7.35. The van der Waals surface area contributed by atoms with E-state index in [0.29, 0.717) is 29.5 Å². The predicted octanol–water partition coefficient (Wildman–Crippen LogP) is 3.63. The van der Waals surface area contributed by atoms with Crippen molar-refractivity contribution >= 4 is 11.6 Å². The highest BCUT2D eigenvalue weighted by molar-refractivity contribution is 5.91. The molecule has 0 aliphatic carbocycles. The zero-order valence-corrected chi connectivity index (χ0v) is 16.9. The number of methoxy groups -OCH3 is 2. The molecular weight excluding hydrogens is 358 g/mol. The highest BCUT2D eigenvalue weighted by Crippen LogP contribution is 2.27. The van der Waals surface area contributed by atoms with Gasteiger partial charge in [0, 0.05) is 42.9 Å². The van der Waals surface area contributed by atoms with Gasteiger partial charge in [-0.1, -0.05) is 5.16 Å². The summed E-state index contributed by atoms with van der Waals surface area (Å²) in [6.45, 7) is 4.77. The number of likely N-dealkylation sites (tertiary alicyclic amines) is 1. The number of hydrogen-bond donors (Lipinski definition) is 1. The Balaban J connectivity index is 1.47. The van der Waals surface area contributed by atoms with Crippen LogP contribution >= 0.6 is 0 Å². The third kappa shape index (κ3) is 5.73. The fraction of sp³-hybridized carbons (Fsp3) is 0.524. The van der Waals surface area contributed by atoms with Gasteiger partial charge in [-0.05, 0) is 38.6 Å². The molecular formula is C21H29N3O4. The van der Waals surface area contributed by atoms with Crippen molar-refractivity contribution in [2.24, 2.45) is 5.92 Å². The van der Waals surface area contributed by atoms with E-state index in [4.69, 9.17) is 14.0 Å². The molecule has 0 radical (unpaired) electrons. The van der Waals surface area contributed by atoms with Gasteiger partial charge < -0.3 is 19.3 Å². The first-order chi connectivity index (χ1) is 13.6. The van der Waals surface area contributed by atoms with Crippen LogP contribution < -0.4 is 14.8 Å². The summed E-state index contributed by atoms with van der Waals surface area (Å²) < 4.78 is 15.8. The van der Waals surface area contributed by atoms with Crippen molar-refractivity contribution < 1.29 is 18.8 Å². The Hall–Kier alpha value is -2.54. The van der Waals surface area contributed by atoms with Crippen LogP contribution in [0.3, 0.4) is 0 Å². The maximum absolute atomic E-state index is 12.4. The number of aryl methyl sites for hydroxylation is 1. The fourth-order valence-corrected chi connectivity index (χ4v) is 3.68. The Labute approximate surface area is 166 Å². The average Bonchev–Trinajstić information content (AvgIpc) is 3.11. The Morgan fingerprint density at radius 3 is 2.64 bits per heavy atom. The minimum atomic E-state index is 0.0123. The Morgan fingerprint density at radius 1 is 1.25 bits per heavy atom. The minimum Gasteiger partial charge on any atom is -0.497 e. The maximum Gasteiger partial charge on any atom is 0.224 e. The summed E-state index contributed by atoms with van der Waals surface area (Å²) >= 11 is 0. The standard InChI is InChI=1S/C21H29N3O4/c1-15-9-20(28-23-15)14-24-8-4-5-16(13-24)6-7-21(25)22-17-10-18(26-2)12-19(11-17)27-3/h9-12,16H,4-8,13-14H2,1-3H3,(H,22,25)/t16-/m0/s1. The number of anilines is 1. The molecule has 1 N–H and O–H groups in total. The van der Waals surface area contributed by atoms with Gasteiger partial charge in [0.2, 0.25) is 5.91 Å². The molecule has 1 fully saturated rings. The Bertz CT molecular complexity index is 767. The quantitative estimate of drug-likeness (QED) is 0.745. The van der Waals surface area contributed by atoms with Gasteiger partial charge in [0.05, 0.1) is 26.5 Å². The number of nitrogens with zero attached hydrogens (tertiary/aromatic N) is 2. The van der Waals surface area contributed by atoms with E-state index in [1.807, 2.05) is 13.0 Å². The van der Waals surface area contributed by atoms with E-state index in [9.17, 15) is 4.79 Å². The number of hydrogen-bond acceptors (Lipinski definition) is 6. The van der Waals surface area contributed by atoms with Crippen LogP contribution in [0.5, 0.6) is 11.5 Å². The zero-order valence-electron chi connectivity index (χ0n) is 16.9. The first-order valence-corrected chi connectivity index (χ1v) is 9.73. The lowest BCUT2D eigenvalue weighted by molar-refractivity contribution is -0.116. The molecule has 1 aromatic carbocycles. The molecule has 3 rings (SSSR count). The molecule has 0 bridgehead atoms. The van der Waals surface area contributed by atoms with Gasteiger partial charge in [-0.15, -0.1) is 0 Å². The van der Waals surface area contributed by atoms with Crippen LogP contribution in [0.15, 0.2) is 28.8 Å². The number of nitrogens with one attached hydrogen (secondary N) is 1. The number of aromatic nitrogens is 1. The lowest BCUT2D eigenvalue weighted by Gasteiger charge is -2.31. The van der Waals surface area contributed by atoms with Gasteiger partial charge in [0.1, 0.15) is 11.5 Å². The van der Waals surface area contributed by atoms with Crippen LogP contribution in [0.2, 0.25) is 0 Å². The normalized spacial score (nSPS) is 17.3. The number of amides is 1. The topological polar surface area (TPSA) is 76.8 Å². The molecule has 1 aliphatic heterocycles. The number of benzene rings is 1. The number of piperidine rings is 1. The average molecular weight is 387 g/mol. The number of rotatable bonds is 8. The second kappa shape index (κ2) is 9.59. The lowest BCUT2D eigenvalue weighted by Crippen LogP contribution is -2.35. The number of ether oxygens (including phenoxy) is 2. The van der Waals surface area contributed by atoms with Crippen LogP contribution in [0.1, 0.15) is 37.1 Å². The van der Waals surface area contributed by atoms with Crippen molar-refractivity contribution in [1.29, 1.82) is 0 Å². The molecule has 7 heteroatoms. The Kier molecular flexibility index (Phi) is 6.92. The monoisotopic (exact) mass is 387 g/mol. The lowest BCUT2D eigenvalue weighted by atomic mass is 9.93. The van der Waals surface area contributed by atoms with E-state index < -0.39 is 0 Å². The van der Waals surface area contributed by atoms with Crippen molar-refractivity contribution in [3.05, 3.63) is 35.7 Å². The SMILES string of the molecule is COc1cc(NC(=O)CC[C@@H]2CCCN(Cc3cc(C)no3)C2)cc(OC)c1. The minimum absolute atomic E-state index is 0.0123. The summed E-state index contributed by atoms with van der Waals surface area (Å²) in [7, 11) is 3.19. The Morgan fingerprint density at radius 2 is 2.00 bits per heavy atom. The van der Waals surface area contributed by atoms with Crippen molar-refractivity contribution in [3.8, 4) is 11.5 Å². The van der Waals surface area contributed by atoms with Crippen LogP contribution in [-0.4, -0.2) is 43.3 Å². The second-order valence-electron chi connectivity index (χ2n) is 7.37. The van der Waals surface area contributed by atoms with Crippen LogP contribution in [0.4, 0.5) is 5.69 Å². The molecule has 152 valence electrons. The summed E-state index contributed by atoms with van der Waals surface area (Å²) in [4.78, 5) is 14.8. The van der Waals surface area contributed by atoms with Gasteiger partial charge in [-0.2, -0.15) is 0 Å². The molecule has 28 heavy (non-hydrogen) atoms. The van der Waals surface area contributed by atoms with Gasteiger partial charge in [0.25, 0.3) is 0 Å².